The van der Waals surface area contributed by atoms with Crippen LogP contribution in [0.1, 0.15) is 24.1 Å². The van der Waals surface area contributed by atoms with E-state index in [0.717, 1.165) is 18.8 Å². The van der Waals surface area contributed by atoms with Crippen molar-refractivity contribution in [3.8, 4) is 0 Å². The van der Waals surface area contributed by atoms with Crippen molar-refractivity contribution in [3.63, 3.8) is 0 Å². The van der Waals surface area contributed by atoms with E-state index in [1.165, 1.54) is 18.4 Å². The van der Waals surface area contributed by atoms with Gasteiger partial charge in [0.1, 0.15) is 0 Å². The number of hydrogen-bond acceptors (Lipinski definition) is 3. The van der Waals surface area contributed by atoms with Gasteiger partial charge < -0.3 is 5.32 Å². The Hall–Kier alpha value is -0.540. The van der Waals surface area contributed by atoms with E-state index in [4.69, 9.17) is 0 Å². The van der Waals surface area contributed by atoms with Crippen LogP contribution in [0, 0.1) is 6.92 Å². The summed E-state index contributed by atoms with van der Waals surface area (Å²) in [7, 11) is 0. The third-order valence-corrected chi connectivity index (χ3v) is 4.39. The van der Waals surface area contributed by atoms with Gasteiger partial charge in [0, 0.05) is 24.0 Å². The zero-order chi connectivity index (χ0) is 10.7. The van der Waals surface area contributed by atoms with Crippen LogP contribution in [0.3, 0.4) is 0 Å². The number of nitrogens with one attached hydrogen (secondary N) is 1. The Morgan fingerprint density at radius 2 is 2.27 bits per heavy atom. The van der Waals surface area contributed by atoms with Gasteiger partial charge in [-0.2, -0.15) is 11.8 Å². The molecule has 82 valence electrons. The van der Waals surface area contributed by atoms with Gasteiger partial charge in [-0.15, -0.1) is 0 Å². The van der Waals surface area contributed by atoms with Crippen molar-refractivity contribution in [1.29, 1.82) is 0 Å². The lowest BCUT2D eigenvalue weighted by Gasteiger charge is -2.12. The van der Waals surface area contributed by atoms with Crippen LogP contribution < -0.4 is 5.32 Å². The van der Waals surface area contributed by atoms with Gasteiger partial charge in [0.05, 0.1) is 5.69 Å². The van der Waals surface area contributed by atoms with Gasteiger partial charge in [-0.3, -0.25) is 4.98 Å². The molecule has 15 heavy (non-hydrogen) atoms. The van der Waals surface area contributed by atoms with Crippen molar-refractivity contribution in [2.24, 2.45) is 0 Å². The summed E-state index contributed by atoms with van der Waals surface area (Å²) in [4.78, 5) is 4.37. The average Bonchev–Trinajstić information content (AvgIpc) is 3.02. The lowest BCUT2D eigenvalue weighted by atomic mass is 10.3. The molecule has 1 heterocycles. The van der Waals surface area contributed by atoms with Crippen LogP contribution >= 0.6 is 11.8 Å². The van der Waals surface area contributed by atoms with E-state index in [1.54, 1.807) is 0 Å². The summed E-state index contributed by atoms with van der Waals surface area (Å²) in [5.74, 6) is 0. The Kier molecular flexibility index (Phi) is 3.32. The van der Waals surface area contributed by atoms with Gasteiger partial charge in [0.15, 0.2) is 0 Å². The topological polar surface area (TPSA) is 24.9 Å². The molecule has 1 aromatic heterocycles. The molecule has 1 fully saturated rings. The molecule has 0 aliphatic heterocycles. The molecule has 0 atom stereocenters. The first-order valence-electron chi connectivity index (χ1n) is 5.41. The Morgan fingerprint density at radius 3 is 2.80 bits per heavy atom. The molecule has 1 aromatic rings. The standard InChI is InChI=1S/C12H18N2S/c1-10-3-4-11(14-7-10)8-13-9-12(15-2)5-6-12/h3-4,7,13H,5-6,8-9H2,1-2H3. The van der Waals surface area contributed by atoms with Gasteiger partial charge >= 0.3 is 0 Å². The molecule has 0 amide bonds. The van der Waals surface area contributed by atoms with Crippen LogP contribution in [0.25, 0.3) is 0 Å². The zero-order valence-electron chi connectivity index (χ0n) is 9.42. The molecular weight excluding hydrogens is 204 g/mol. The van der Waals surface area contributed by atoms with E-state index in [9.17, 15) is 0 Å². The molecule has 0 radical (unpaired) electrons. The molecule has 1 saturated carbocycles. The lowest BCUT2D eigenvalue weighted by molar-refractivity contribution is 0.653. The summed E-state index contributed by atoms with van der Waals surface area (Å²) in [6.45, 7) is 4.07. The number of rotatable bonds is 5. The third kappa shape index (κ3) is 2.95. The molecule has 3 heteroatoms. The number of nitrogens with zero attached hydrogens (tertiary/aromatic N) is 1. The van der Waals surface area contributed by atoms with Gasteiger partial charge in [-0.25, -0.2) is 0 Å². The molecule has 0 bridgehead atoms. The normalized spacial score (nSPS) is 17.7. The van der Waals surface area contributed by atoms with Crippen molar-refractivity contribution >= 4 is 11.8 Å². The van der Waals surface area contributed by atoms with Crippen molar-refractivity contribution < 1.29 is 0 Å². The van der Waals surface area contributed by atoms with Crippen molar-refractivity contribution in [2.75, 3.05) is 12.8 Å². The summed E-state index contributed by atoms with van der Waals surface area (Å²) < 4.78 is 0.546. The first-order valence-corrected chi connectivity index (χ1v) is 6.64. The second-order valence-electron chi connectivity index (χ2n) is 4.32. The molecule has 0 spiro atoms. The van der Waals surface area contributed by atoms with Crippen LogP contribution in [-0.4, -0.2) is 22.5 Å². The Labute approximate surface area is 95.9 Å². The fourth-order valence-corrected chi connectivity index (χ4v) is 2.37. The Bertz CT molecular complexity index is 317. The maximum Gasteiger partial charge on any atom is 0.0541 e. The average molecular weight is 222 g/mol. The molecule has 0 aromatic carbocycles. The number of pyridine rings is 1. The molecule has 0 saturated heterocycles. The highest BCUT2D eigenvalue weighted by atomic mass is 32.2. The fraction of sp³-hybridized carbons (Fsp3) is 0.583. The van der Waals surface area contributed by atoms with Gasteiger partial charge in [-0.05, 0) is 37.7 Å². The zero-order valence-corrected chi connectivity index (χ0v) is 10.2. The molecule has 1 N–H and O–H groups in total. The highest BCUT2D eigenvalue weighted by Gasteiger charge is 2.41. The first kappa shape index (κ1) is 11.0. The van der Waals surface area contributed by atoms with Gasteiger partial charge in [-0.1, -0.05) is 6.07 Å². The molecule has 1 aliphatic carbocycles. The highest BCUT2D eigenvalue weighted by molar-refractivity contribution is 8.00. The lowest BCUT2D eigenvalue weighted by Crippen LogP contribution is -2.25. The highest BCUT2D eigenvalue weighted by Crippen LogP contribution is 2.46. The smallest absolute Gasteiger partial charge is 0.0541 e. The summed E-state index contributed by atoms with van der Waals surface area (Å²) in [6, 6.07) is 4.21. The fourth-order valence-electron chi connectivity index (χ4n) is 1.61. The SMILES string of the molecule is CSC1(CNCc2ccc(C)cn2)CC1. The van der Waals surface area contributed by atoms with Crippen LogP contribution in [0.2, 0.25) is 0 Å². The minimum absolute atomic E-state index is 0.546. The second kappa shape index (κ2) is 4.54. The summed E-state index contributed by atoms with van der Waals surface area (Å²) >= 11 is 1.99. The quantitative estimate of drug-likeness (QED) is 0.828. The predicted octanol–water partition coefficient (Wildman–Crippen LogP) is 2.38. The largest absolute Gasteiger partial charge is 0.310 e. The predicted molar refractivity (Wildman–Crippen MR) is 66.2 cm³/mol. The van der Waals surface area contributed by atoms with Gasteiger partial charge in [0.25, 0.3) is 0 Å². The molecule has 2 rings (SSSR count). The summed E-state index contributed by atoms with van der Waals surface area (Å²) in [5, 5.41) is 3.49. The van der Waals surface area contributed by atoms with Crippen molar-refractivity contribution in [2.45, 2.75) is 31.1 Å². The van der Waals surface area contributed by atoms with E-state index < -0.39 is 0 Å². The number of aryl methyl sites for hydroxylation is 1. The maximum absolute atomic E-state index is 4.37. The minimum Gasteiger partial charge on any atom is -0.310 e. The summed E-state index contributed by atoms with van der Waals surface area (Å²) in [6.07, 6.45) is 6.86. The van der Waals surface area contributed by atoms with Crippen LogP contribution in [0.4, 0.5) is 0 Å². The number of aromatic nitrogens is 1. The first-order chi connectivity index (χ1) is 7.24. The third-order valence-electron chi connectivity index (χ3n) is 2.97. The number of thioether (sulfide) groups is 1. The van der Waals surface area contributed by atoms with E-state index >= 15 is 0 Å². The molecule has 0 unspecified atom stereocenters. The van der Waals surface area contributed by atoms with E-state index in [0.29, 0.717) is 4.75 Å². The van der Waals surface area contributed by atoms with Crippen molar-refractivity contribution in [3.05, 3.63) is 29.6 Å². The monoisotopic (exact) mass is 222 g/mol. The molecule has 1 aliphatic rings. The van der Waals surface area contributed by atoms with E-state index in [1.807, 2.05) is 18.0 Å². The maximum atomic E-state index is 4.37. The van der Waals surface area contributed by atoms with Crippen LogP contribution in [-0.2, 0) is 6.54 Å². The Balaban J connectivity index is 1.76. The summed E-state index contributed by atoms with van der Waals surface area (Å²) in [5.41, 5.74) is 2.36. The second-order valence-corrected chi connectivity index (χ2v) is 5.59. The number of hydrogen-bond donors (Lipinski definition) is 1. The van der Waals surface area contributed by atoms with Crippen molar-refractivity contribution in [1.82, 2.24) is 10.3 Å². The van der Waals surface area contributed by atoms with E-state index in [2.05, 4.69) is 35.6 Å². The van der Waals surface area contributed by atoms with Crippen LogP contribution in [0.5, 0.6) is 0 Å². The van der Waals surface area contributed by atoms with Crippen LogP contribution in [0.15, 0.2) is 18.3 Å². The Morgan fingerprint density at radius 1 is 1.47 bits per heavy atom. The minimum atomic E-state index is 0.546. The molecule has 2 nitrogen and oxygen atoms in total. The van der Waals surface area contributed by atoms with Gasteiger partial charge in [0.2, 0.25) is 0 Å². The van der Waals surface area contributed by atoms with E-state index in [-0.39, 0.29) is 0 Å². The molecular formula is C12H18N2S.